The van der Waals surface area contributed by atoms with Crippen molar-refractivity contribution in [2.24, 2.45) is 11.7 Å². The van der Waals surface area contributed by atoms with Gasteiger partial charge in [0.05, 0.1) is 7.11 Å². The van der Waals surface area contributed by atoms with E-state index in [-0.39, 0.29) is 11.9 Å². The Morgan fingerprint density at radius 3 is 2.63 bits per heavy atom. The van der Waals surface area contributed by atoms with Crippen molar-refractivity contribution in [3.63, 3.8) is 0 Å². The van der Waals surface area contributed by atoms with Crippen molar-refractivity contribution in [1.82, 2.24) is 0 Å². The maximum atomic E-state index is 13.9. The van der Waals surface area contributed by atoms with Crippen LogP contribution in [0.15, 0.2) is 18.2 Å². The Labute approximate surface area is 116 Å². The molecule has 2 N–H and O–H groups in total. The van der Waals surface area contributed by atoms with Crippen LogP contribution < -0.4 is 10.5 Å². The minimum absolute atomic E-state index is 0.266. The van der Waals surface area contributed by atoms with E-state index >= 15 is 0 Å². The fourth-order valence-electron chi connectivity index (χ4n) is 2.51. The van der Waals surface area contributed by atoms with Gasteiger partial charge in [-0.2, -0.15) is 0 Å². The minimum Gasteiger partial charge on any atom is -0.496 e. The molecule has 19 heavy (non-hydrogen) atoms. The predicted molar refractivity (Wildman–Crippen MR) is 77.8 cm³/mol. The molecule has 2 atom stereocenters. The average molecular weight is 267 g/mol. The highest BCUT2D eigenvalue weighted by Gasteiger charge is 2.20. The molecule has 0 aliphatic rings. The van der Waals surface area contributed by atoms with Gasteiger partial charge in [-0.3, -0.25) is 0 Å². The number of nitrogens with two attached hydrogens (primary N) is 1. The molecule has 0 aliphatic carbocycles. The first-order valence-corrected chi connectivity index (χ1v) is 7.21. The molecule has 0 fully saturated rings. The molecule has 0 bridgehead atoms. The van der Waals surface area contributed by atoms with Crippen LogP contribution >= 0.6 is 0 Å². The zero-order valence-electron chi connectivity index (χ0n) is 12.3. The number of benzene rings is 1. The summed E-state index contributed by atoms with van der Waals surface area (Å²) in [6.07, 6.45) is 5.46. The third-order valence-electron chi connectivity index (χ3n) is 3.73. The quantitative estimate of drug-likeness (QED) is 0.755. The van der Waals surface area contributed by atoms with Crippen molar-refractivity contribution >= 4 is 0 Å². The van der Waals surface area contributed by atoms with Crippen LogP contribution in [0.3, 0.4) is 0 Å². The van der Waals surface area contributed by atoms with Crippen molar-refractivity contribution in [3.8, 4) is 5.75 Å². The smallest absolute Gasteiger partial charge is 0.131 e. The van der Waals surface area contributed by atoms with Crippen molar-refractivity contribution in [3.05, 3.63) is 29.6 Å². The average Bonchev–Trinajstić information content (AvgIpc) is 2.42. The number of ether oxygens (including phenoxy) is 1. The molecule has 1 aromatic carbocycles. The van der Waals surface area contributed by atoms with Gasteiger partial charge in [-0.1, -0.05) is 45.6 Å². The number of hydrogen-bond donors (Lipinski definition) is 1. The van der Waals surface area contributed by atoms with Crippen molar-refractivity contribution in [2.75, 3.05) is 7.11 Å². The van der Waals surface area contributed by atoms with E-state index in [0.29, 0.717) is 17.2 Å². The molecule has 108 valence electrons. The van der Waals surface area contributed by atoms with Crippen molar-refractivity contribution in [1.29, 1.82) is 0 Å². The zero-order chi connectivity index (χ0) is 14.3. The summed E-state index contributed by atoms with van der Waals surface area (Å²) in [4.78, 5) is 0. The minimum atomic E-state index is -0.294. The summed E-state index contributed by atoms with van der Waals surface area (Å²) >= 11 is 0. The van der Waals surface area contributed by atoms with Gasteiger partial charge in [0.25, 0.3) is 0 Å². The molecule has 1 rings (SSSR count). The second-order valence-corrected chi connectivity index (χ2v) is 5.11. The van der Waals surface area contributed by atoms with Gasteiger partial charge in [0.15, 0.2) is 0 Å². The van der Waals surface area contributed by atoms with E-state index < -0.39 is 0 Å². The first-order chi connectivity index (χ1) is 9.13. The molecule has 0 aromatic heterocycles. The van der Waals surface area contributed by atoms with Crippen LogP contribution in [0.4, 0.5) is 4.39 Å². The zero-order valence-corrected chi connectivity index (χ0v) is 12.3. The third kappa shape index (κ3) is 4.50. The molecule has 0 amide bonds. The van der Waals surface area contributed by atoms with Gasteiger partial charge >= 0.3 is 0 Å². The Morgan fingerprint density at radius 2 is 2.05 bits per heavy atom. The van der Waals surface area contributed by atoms with E-state index in [9.17, 15) is 4.39 Å². The van der Waals surface area contributed by atoms with Gasteiger partial charge in [0, 0.05) is 11.6 Å². The van der Waals surface area contributed by atoms with Crippen molar-refractivity contribution < 1.29 is 9.13 Å². The van der Waals surface area contributed by atoms with Crippen LogP contribution in [0.5, 0.6) is 5.75 Å². The topological polar surface area (TPSA) is 35.2 Å². The van der Waals surface area contributed by atoms with Crippen LogP contribution in [0.25, 0.3) is 0 Å². The standard InChI is InChI=1S/C16H26FNO/c1-4-6-8-12(5-2)11-14(18)16-13(17)9-7-10-15(16)19-3/h7,9-10,12,14H,4-6,8,11,18H2,1-3H3. The normalized spacial score (nSPS) is 14.2. The molecule has 3 heteroatoms. The number of rotatable bonds is 8. The summed E-state index contributed by atoms with van der Waals surface area (Å²) in [6.45, 7) is 4.36. The molecule has 0 radical (unpaired) electrons. The van der Waals surface area contributed by atoms with Crippen molar-refractivity contribution in [2.45, 2.75) is 52.0 Å². The summed E-state index contributed by atoms with van der Waals surface area (Å²) in [5, 5.41) is 0. The monoisotopic (exact) mass is 267 g/mol. The maximum Gasteiger partial charge on any atom is 0.131 e. The predicted octanol–water partition coefficient (Wildman–Crippen LogP) is 4.44. The second-order valence-electron chi connectivity index (χ2n) is 5.11. The van der Waals surface area contributed by atoms with Crippen LogP contribution in [-0.4, -0.2) is 7.11 Å². The van der Waals surface area contributed by atoms with Gasteiger partial charge in [0.2, 0.25) is 0 Å². The number of hydrogen-bond acceptors (Lipinski definition) is 2. The second kappa shape index (κ2) is 8.16. The summed E-state index contributed by atoms with van der Waals surface area (Å²) in [6, 6.07) is 4.58. The summed E-state index contributed by atoms with van der Waals surface area (Å²) < 4.78 is 19.2. The van der Waals surface area contributed by atoms with E-state index in [2.05, 4.69) is 13.8 Å². The lowest BCUT2D eigenvalue weighted by Gasteiger charge is -2.21. The SMILES string of the molecule is CCCCC(CC)CC(N)c1c(F)cccc1OC. The Kier molecular flexibility index (Phi) is 6.85. The molecule has 0 saturated heterocycles. The van der Waals surface area contributed by atoms with E-state index in [4.69, 9.17) is 10.5 Å². The molecule has 0 saturated carbocycles. The lowest BCUT2D eigenvalue weighted by Crippen LogP contribution is -2.17. The molecular weight excluding hydrogens is 241 g/mol. The Balaban J connectivity index is 2.79. The summed E-state index contributed by atoms with van der Waals surface area (Å²) in [5.41, 5.74) is 6.71. The molecule has 2 unspecified atom stereocenters. The van der Waals surface area contributed by atoms with Gasteiger partial charge in [-0.05, 0) is 24.5 Å². The van der Waals surface area contributed by atoms with Crippen LogP contribution in [0.2, 0.25) is 0 Å². The van der Waals surface area contributed by atoms with E-state index in [1.807, 2.05) is 0 Å². The molecule has 1 aromatic rings. The molecule has 0 aliphatic heterocycles. The third-order valence-corrected chi connectivity index (χ3v) is 3.73. The Morgan fingerprint density at radius 1 is 1.32 bits per heavy atom. The Hall–Kier alpha value is -1.09. The fourth-order valence-corrected chi connectivity index (χ4v) is 2.51. The molecular formula is C16H26FNO. The lowest BCUT2D eigenvalue weighted by atomic mass is 9.89. The number of halogens is 1. The lowest BCUT2D eigenvalue weighted by molar-refractivity contribution is 0.363. The van der Waals surface area contributed by atoms with Crippen LogP contribution in [-0.2, 0) is 0 Å². The highest BCUT2D eigenvalue weighted by molar-refractivity contribution is 5.37. The van der Waals surface area contributed by atoms with Crippen LogP contribution in [0.1, 0.15) is 57.6 Å². The first-order valence-electron chi connectivity index (χ1n) is 7.21. The van der Waals surface area contributed by atoms with Gasteiger partial charge in [0.1, 0.15) is 11.6 Å². The maximum absolute atomic E-state index is 13.9. The van der Waals surface area contributed by atoms with Gasteiger partial charge in [-0.15, -0.1) is 0 Å². The first kappa shape index (κ1) is 16.0. The van der Waals surface area contributed by atoms with Gasteiger partial charge in [-0.25, -0.2) is 4.39 Å². The summed E-state index contributed by atoms with van der Waals surface area (Å²) in [5.74, 6) is 0.842. The van der Waals surface area contributed by atoms with E-state index in [1.54, 1.807) is 19.2 Å². The fraction of sp³-hybridized carbons (Fsp3) is 0.625. The highest BCUT2D eigenvalue weighted by Crippen LogP contribution is 2.32. The summed E-state index contributed by atoms with van der Waals surface area (Å²) in [7, 11) is 1.55. The Bertz CT molecular complexity index is 381. The molecule has 0 heterocycles. The highest BCUT2D eigenvalue weighted by atomic mass is 19.1. The van der Waals surface area contributed by atoms with E-state index in [1.165, 1.54) is 18.9 Å². The number of unbranched alkanes of at least 4 members (excludes halogenated alkanes) is 1. The molecule has 2 nitrogen and oxygen atoms in total. The largest absolute Gasteiger partial charge is 0.496 e. The van der Waals surface area contributed by atoms with E-state index in [0.717, 1.165) is 19.3 Å². The number of methoxy groups -OCH3 is 1. The molecule has 0 spiro atoms. The van der Waals surface area contributed by atoms with Gasteiger partial charge < -0.3 is 10.5 Å². The van der Waals surface area contributed by atoms with Crippen LogP contribution in [0, 0.1) is 11.7 Å².